The van der Waals surface area contributed by atoms with Gasteiger partial charge in [-0.15, -0.1) is 11.3 Å². The van der Waals surface area contributed by atoms with Gasteiger partial charge < -0.3 is 4.90 Å². The van der Waals surface area contributed by atoms with Crippen LogP contribution in [0, 0.1) is 6.92 Å². The lowest BCUT2D eigenvalue weighted by molar-refractivity contribution is 0.119. The number of piperazine rings is 1. The molecule has 0 spiro atoms. The molecule has 0 saturated carbocycles. The summed E-state index contributed by atoms with van der Waals surface area (Å²) < 4.78 is 25.6. The van der Waals surface area contributed by atoms with Crippen molar-refractivity contribution in [2.24, 2.45) is 0 Å². The smallest absolute Gasteiger partial charge is 0.287 e. The molecule has 0 atom stereocenters. The van der Waals surface area contributed by atoms with Crippen molar-refractivity contribution in [1.82, 2.24) is 19.7 Å². The van der Waals surface area contributed by atoms with Crippen LogP contribution in [0.4, 0.5) is 14.5 Å². The Hall–Kier alpha value is -1.58. The Kier molecular flexibility index (Phi) is 5.65. The van der Waals surface area contributed by atoms with Crippen LogP contribution in [0.15, 0.2) is 16.4 Å². The molecule has 2 aromatic heterocycles. The second-order valence-corrected chi connectivity index (χ2v) is 7.28. The molecule has 136 valence electrons. The van der Waals surface area contributed by atoms with Crippen LogP contribution in [0.1, 0.15) is 10.7 Å². The molecule has 0 radical (unpaired) electrons. The van der Waals surface area contributed by atoms with Gasteiger partial charge in [-0.25, -0.2) is 18.4 Å². The van der Waals surface area contributed by atoms with Gasteiger partial charge in [0.05, 0.1) is 22.6 Å². The van der Waals surface area contributed by atoms with Gasteiger partial charge in [-0.3, -0.25) is 9.69 Å². The third-order valence-electron chi connectivity index (χ3n) is 4.04. The van der Waals surface area contributed by atoms with Gasteiger partial charge in [0.1, 0.15) is 11.6 Å². The van der Waals surface area contributed by atoms with Gasteiger partial charge in [0.2, 0.25) is 0 Å². The molecular weight excluding hydrogens is 372 g/mol. The maximum atomic E-state index is 12.4. The van der Waals surface area contributed by atoms with Gasteiger partial charge in [0.25, 0.3) is 12.0 Å². The SMILES string of the molecule is Cc1nc(CN2CCN(c3cnn(CC(F)F)c(=O)c3Cl)CC2)cs1. The standard InChI is InChI=1S/C15H18ClF2N5OS/c1-10-20-11(9-25-10)7-21-2-4-22(5-3-21)12-6-19-23(8-13(17)18)15(24)14(12)16/h6,9,13H,2-5,7-8H2,1H3. The second kappa shape index (κ2) is 7.76. The summed E-state index contributed by atoms with van der Waals surface area (Å²) >= 11 is 7.74. The number of alkyl halides is 2. The van der Waals surface area contributed by atoms with Crippen LogP contribution < -0.4 is 10.5 Å². The van der Waals surface area contributed by atoms with Gasteiger partial charge in [-0.1, -0.05) is 11.6 Å². The van der Waals surface area contributed by atoms with E-state index in [2.05, 4.69) is 20.4 Å². The summed E-state index contributed by atoms with van der Waals surface area (Å²) in [6.07, 6.45) is -1.25. The monoisotopic (exact) mass is 389 g/mol. The van der Waals surface area contributed by atoms with E-state index < -0.39 is 18.5 Å². The Morgan fingerprint density at radius 2 is 2.04 bits per heavy atom. The predicted molar refractivity (Wildman–Crippen MR) is 93.9 cm³/mol. The lowest BCUT2D eigenvalue weighted by atomic mass is 10.2. The van der Waals surface area contributed by atoms with Crippen molar-refractivity contribution in [3.8, 4) is 0 Å². The average Bonchev–Trinajstić information content (AvgIpc) is 2.98. The average molecular weight is 390 g/mol. The van der Waals surface area contributed by atoms with E-state index in [1.165, 1.54) is 6.20 Å². The fourth-order valence-corrected chi connectivity index (χ4v) is 3.66. The molecule has 6 nitrogen and oxygen atoms in total. The third-order valence-corrected chi connectivity index (χ3v) is 5.22. The van der Waals surface area contributed by atoms with Crippen LogP contribution in [-0.4, -0.2) is 52.3 Å². The number of nitrogens with zero attached hydrogens (tertiary/aromatic N) is 5. The molecule has 1 fully saturated rings. The van der Waals surface area contributed by atoms with Crippen LogP contribution in [0.5, 0.6) is 0 Å². The molecule has 10 heteroatoms. The van der Waals surface area contributed by atoms with Gasteiger partial charge in [0, 0.05) is 38.1 Å². The van der Waals surface area contributed by atoms with E-state index in [4.69, 9.17) is 11.6 Å². The zero-order chi connectivity index (χ0) is 18.0. The van der Waals surface area contributed by atoms with Crippen molar-refractivity contribution in [2.75, 3.05) is 31.1 Å². The highest BCUT2D eigenvalue weighted by molar-refractivity contribution is 7.09. The molecular formula is C15H18ClF2N5OS. The van der Waals surface area contributed by atoms with Crippen molar-refractivity contribution >= 4 is 28.6 Å². The van der Waals surface area contributed by atoms with Gasteiger partial charge in [0.15, 0.2) is 0 Å². The maximum Gasteiger partial charge on any atom is 0.287 e. The topological polar surface area (TPSA) is 54.3 Å². The molecule has 0 N–H and O–H groups in total. The minimum atomic E-state index is -2.65. The molecule has 0 unspecified atom stereocenters. The maximum absolute atomic E-state index is 12.4. The Morgan fingerprint density at radius 1 is 1.32 bits per heavy atom. The molecule has 1 aliphatic heterocycles. The molecule has 3 heterocycles. The summed E-state index contributed by atoms with van der Waals surface area (Å²) in [5.74, 6) is 0. The molecule has 0 bridgehead atoms. The summed E-state index contributed by atoms with van der Waals surface area (Å²) in [5, 5.41) is 6.88. The molecule has 0 aromatic carbocycles. The molecule has 3 rings (SSSR count). The van der Waals surface area contributed by atoms with Gasteiger partial charge >= 0.3 is 0 Å². The minimum absolute atomic E-state index is 0.0563. The normalized spacial score (nSPS) is 16.0. The number of aryl methyl sites for hydroxylation is 1. The second-order valence-electron chi connectivity index (χ2n) is 5.84. The van der Waals surface area contributed by atoms with Crippen LogP contribution in [0.25, 0.3) is 0 Å². The van der Waals surface area contributed by atoms with Crippen LogP contribution in [-0.2, 0) is 13.1 Å². The molecule has 0 aliphatic carbocycles. The number of halogens is 3. The van der Waals surface area contributed by atoms with Crippen LogP contribution in [0.3, 0.4) is 0 Å². The first-order valence-corrected chi connectivity index (χ1v) is 9.12. The summed E-state index contributed by atoms with van der Waals surface area (Å²) in [6.45, 7) is 4.99. The fourth-order valence-electron chi connectivity index (χ4n) is 2.79. The van der Waals surface area contributed by atoms with E-state index in [0.29, 0.717) is 23.5 Å². The van der Waals surface area contributed by atoms with Crippen molar-refractivity contribution < 1.29 is 8.78 Å². The molecule has 1 saturated heterocycles. The number of hydrogen-bond acceptors (Lipinski definition) is 6. The van der Waals surface area contributed by atoms with E-state index in [1.54, 1.807) is 11.3 Å². The predicted octanol–water partition coefficient (Wildman–Crippen LogP) is 2.25. The van der Waals surface area contributed by atoms with E-state index >= 15 is 0 Å². The van der Waals surface area contributed by atoms with Crippen LogP contribution in [0.2, 0.25) is 5.02 Å². The number of thiazole rings is 1. The Labute approximate surface area is 152 Å². The van der Waals surface area contributed by atoms with Gasteiger partial charge in [-0.05, 0) is 6.92 Å². The Morgan fingerprint density at radius 3 is 2.64 bits per heavy atom. The first kappa shape index (κ1) is 18.2. The lowest BCUT2D eigenvalue weighted by Gasteiger charge is -2.35. The van der Waals surface area contributed by atoms with E-state index in [-0.39, 0.29) is 5.02 Å². The zero-order valence-corrected chi connectivity index (χ0v) is 15.2. The highest BCUT2D eigenvalue weighted by Gasteiger charge is 2.22. The third kappa shape index (κ3) is 4.34. The van der Waals surface area contributed by atoms with E-state index in [1.807, 2.05) is 11.8 Å². The first-order chi connectivity index (χ1) is 11.9. The molecule has 25 heavy (non-hydrogen) atoms. The van der Waals surface area contributed by atoms with Crippen molar-refractivity contribution in [1.29, 1.82) is 0 Å². The van der Waals surface area contributed by atoms with Crippen molar-refractivity contribution in [3.05, 3.63) is 37.7 Å². The van der Waals surface area contributed by atoms with Crippen molar-refractivity contribution in [2.45, 2.75) is 26.4 Å². The largest absolute Gasteiger partial charge is 0.366 e. The highest BCUT2D eigenvalue weighted by atomic mass is 35.5. The van der Waals surface area contributed by atoms with E-state index in [0.717, 1.165) is 30.3 Å². The summed E-state index contributed by atoms with van der Waals surface area (Å²) in [5.41, 5.74) is 0.881. The van der Waals surface area contributed by atoms with E-state index in [9.17, 15) is 13.6 Å². The zero-order valence-electron chi connectivity index (χ0n) is 13.7. The van der Waals surface area contributed by atoms with Crippen molar-refractivity contribution in [3.63, 3.8) is 0 Å². The first-order valence-electron chi connectivity index (χ1n) is 7.86. The van der Waals surface area contributed by atoms with Crippen LogP contribution >= 0.6 is 22.9 Å². The summed E-state index contributed by atoms with van der Waals surface area (Å²) in [7, 11) is 0. The number of rotatable bonds is 5. The highest BCUT2D eigenvalue weighted by Crippen LogP contribution is 2.23. The molecule has 0 amide bonds. The number of aromatic nitrogens is 3. The lowest BCUT2D eigenvalue weighted by Crippen LogP contribution is -2.46. The minimum Gasteiger partial charge on any atom is -0.366 e. The molecule has 2 aromatic rings. The molecule has 1 aliphatic rings. The summed E-state index contributed by atoms with van der Waals surface area (Å²) in [4.78, 5) is 20.8. The Bertz CT molecular complexity index is 788. The summed E-state index contributed by atoms with van der Waals surface area (Å²) in [6, 6.07) is 0. The number of anilines is 1. The fraction of sp³-hybridized carbons (Fsp3) is 0.533. The quantitative estimate of drug-likeness (QED) is 0.785. The number of hydrogen-bond donors (Lipinski definition) is 0. The van der Waals surface area contributed by atoms with Gasteiger partial charge in [-0.2, -0.15) is 5.10 Å². The Balaban J connectivity index is 1.64.